The molecule has 162 valence electrons. The Morgan fingerprint density at radius 1 is 0.967 bits per heavy atom. The van der Waals surface area contributed by atoms with Gasteiger partial charge in [-0.05, 0) is 29.9 Å². The molecule has 6 nitrogen and oxygen atoms in total. The fourth-order valence-electron chi connectivity index (χ4n) is 3.51. The topological polar surface area (TPSA) is 69.7 Å². The van der Waals surface area contributed by atoms with Gasteiger partial charge in [-0.3, -0.25) is 4.90 Å². The molecule has 30 heavy (non-hydrogen) atoms. The SMILES string of the molecule is CCCN(C(=O)O[N+](C)(C(=O)[O-])c1ccccc1C(C)C)c1ccccc1C(C)C. The first kappa shape index (κ1) is 23.4. The summed E-state index contributed by atoms with van der Waals surface area (Å²) >= 11 is 0. The third-order valence-corrected chi connectivity index (χ3v) is 5.14. The van der Waals surface area contributed by atoms with E-state index in [2.05, 4.69) is 13.8 Å². The molecule has 0 saturated carbocycles. The lowest BCUT2D eigenvalue weighted by molar-refractivity contribution is -0.285. The molecule has 0 heterocycles. The summed E-state index contributed by atoms with van der Waals surface area (Å²) in [6, 6.07) is 14.7. The fourth-order valence-corrected chi connectivity index (χ4v) is 3.51. The van der Waals surface area contributed by atoms with Gasteiger partial charge in [0.25, 0.3) is 0 Å². The van der Waals surface area contributed by atoms with Gasteiger partial charge in [0.1, 0.15) is 7.05 Å². The molecule has 0 saturated heterocycles. The fraction of sp³-hybridized carbons (Fsp3) is 0.417. The number of amides is 2. The van der Waals surface area contributed by atoms with Crippen molar-refractivity contribution in [1.29, 1.82) is 0 Å². The second-order valence-corrected chi connectivity index (χ2v) is 8.13. The molecule has 2 aromatic rings. The van der Waals surface area contributed by atoms with E-state index in [-0.39, 0.29) is 11.8 Å². The molecule has 1 atom stereocenters. The van der Waals surface area contributed by atoms with Gasteiger partial charge in [0.2, 0.25) is 0 Å². The van der Waals surface area contributed by atoms with E-state index in [1.54, 1.807) is 12.1 Å². The number of carboxylic acid groups (broad SMARTS) is 1. The Bertz CT molecular complexity index is 894. The zero-order valence-corrected chi connectivity index (χ0v) is 18.7. The highest BCUT2D eigenvalue weighted by Crippen LogP contribution is 2.33. The van der Waals surface area contributed by atoms with Crippen LogP contribution < -0.4 is 14.7 Å². The second-order valence-electron chi connectivity index (χ2n) is 8.13. The van der Waals surface area contributed by atoms with Crippen molar-refractivity contribution in [1.82, 2.24) is 4.65 Å². The zero-order valence-electron chi connectivity index (χ0n) is 18.7. The van der Waals surface area contributed by atoms with Gasteiger partial charge in [0.05, 0.1) is 5.69 Å². The number of hydrogen-bond donors (Lipinski definition) is 0. The Labute approximate surface area is 179 Å². The molecule has 0 bridgehead atoms. The Balaban J connectivity index is 2.51. The Kier molecular flexibility index (Phi) is 7.62. The number of quaternary nitrogens is 1. The van der Waals surface area contributed by atoms with Crippen molar-refractivity contribution in [3.63, 3.8) is 0 Å². The van der Waals surface area contributed by atoms with Crippen LogP contribution in [-0.4, -0.2) is 25.8 Å². The van der Waals surface area contributed by atoms with Crippen LogP contribution in [0.3, 0.4) is 0 Å². The quantitative estimate of drug-likeness (QED) is 0.484. The normalized spacial score (nSPS) is 13.2. The van der Waals surface area contributed by atoms with Crippen molar-refractivity contribution in [2.24, 2.45) is 0 Å². The van der Waals surface area contributed by atoms with Crippen molar-refractivity contribution < 1.29 is 19.5 Å². The molecule has 1 unspecified atom stereocenters. The van der Waals surface area contributed by atoms with Gasteiger partial charge >= 0.3 is 12.2 Å². The minimum absolute atomic E-state index is 0.0464. The van der Waals surface area contributed by atoms with Crippen molar-refractivity contribution >= 4 is 23.6 Å². The highest BCUT2D eigenvalue weighted by atomic mass is 16.8. The summed E-state index contributed by atoms with van der Waals surface area (Å²) in [5.74, 6) is 0.238. The zero-order chi connectivity index (χ0) is 22.5. The van der Waals surface area contributed by atoms with Crippen LogP contribution in [0.1, 0.15) is 64.0 Å². The van der Waals surface area contributed by atoms with E-state index >= 15 is 0 Å². The third kappa shape index (κ3) is 4.82. The minimum Gasteiger partial charge on any atom is -0.495 e. The highest BCUT2D eigenvalue weighted by molar-refractivity contribution is 5.91. The van der Waals surface area contributed by atoms with E-state index in [0.29, 0.717) is 18.7 Å². The van der Waals surface area contributed by atoms with Gasteiger partial charge in [-0.1, -0.05) is 75.7 Å². The number of hydrogen-bond acceptors (Lipinski definition) is 4. The number of hydroxylamine groups is 2. The lowest BCUT2D eigenvalue weighted by atomic mass is 10.0. The largest absolute Gasteiger partial charge is 0.495 e. The second kappa shape index (κ2) is 9.76. The third-order valence-electron chi connectivity index (χ3n) is 5.14. The summed E-state index contributed by atoms with van der Waals surface area (Å²) in [5, 5.41) is 12.2. The van der Waals surface area contributed by atoms with E-state index in [1.807, 2.05) is 57.2 Å². The Hall–Kier alpha value is -2.86. The first-order valence-electron chi connectivity index (χ1n) is 10.4. The molecule has 2 rings (SSSR count). The van der Waals surface area contributed by atoms with Crippen LogP contribution in [0, 0.1) is 0 Å². The standard InChI is InChI=1S/C24H32N2O4/c1-7-16-25(21-14-10-8-12-19(21)17(2)3)23(27)30-26(6,24(28)29)22-15-11-9-13-20(22)18(4)5/h8-15,17-18H,7,16H2,1-6H3. The molecule has 0 aromatic heterocycles. The van der Waals surface area contributed by atoms with E-state index in [1.165, 1.54) is 11.9 Å². The van der Waals surface area contributed by atoms with Gasteiger partial charge in [-0.15, -0.1) is 0 Å². The molecular formula is C24H32N2O4. The van der Waals surface area contributed by atoms with E-state index < -0.39 is 16.8 Å². The van der Waals surface area contributed by atoms with E-state index in [9.17, 15) is 14.7 Å². The summed E-state index contributed by atoms with van der Waals surface area (Å²) in [6.07, 6.45) is -1.54. The van der Waals surface area contributed by atoms with E-state index in [0.717, 1.165) is 16.8 Å². The van der Waals surface area contributed by atoms with Crippen LogP contribution in [0.5, 0.6) is 0 Å². The van der Waals surface area contributed by atoms with Gasteiger partial charge in [-0.25, -0.2) is 9.63 Å². The molecule has 6 heteroatoms. The van der Waals surface area contributed by atoms with E-state index in [4.69, 9.17) is 4.84 Å². The maximum absolute atomic E-state index is 13.3. The summed E-state index contributed by atoms with van der Waals surface area (Å²) in [4.78, 5) is 32.6. The average molecular weight is 413 g/mol. The van der Waals surface area contributed by atoms with Crippen LogP contribution in [0.4, 0.5) is 21.0 Å². The van der Waals surface area contributed by atoms with Crippen LogP contribution in [0.2, 0.25) is 0 Å². The molecule has 0 aliphatic heterocycles. The Morgan fingerprint density at radius 3 is 2.03 bits per heavy atom. The van der Waals surface area contributed by atoms with Crippen molar-refractivity contribution in [2.45, 2.75) is 52.9 Å². The van der Waals surface area contributed by atoms with Crippen LogP contribution in [-0.2, 0) is 4.84 Å². The molecular weight excluding hydrogens is 380 g/mol. The molecule has 0 spiro atoms. The summed E-state index contributed by atoms with van der Waals surface area (Å²) in [7, 11) is 1.33. The number of carbonyl (C=O) groups excluding carboxylic acids is 2. The predicted molar refractivity (Wildman–Crippen MR) is 118 cm³/mol. The summed E-state index contributed by atoms with van der Waals surface area (Å²) in [5.41, 5.74) is 2.87. The Morgan fingerprint density at radius 2 is 1.50 bits per heavy atom. The predicted octanol–water partition coefficient (Wildman–Crippen LogP) is 5.18. The molecule has 0 radical (unpaired) electrons. The first-order chi connectivity index (χ1) is 14.1. The van der Waals surface area contributed by atoms with Gasteiger partial charge in [-0.2, -0.15) is 0 Å². The first-order valence-corrected chi connectivity index (χ1v) is 10.4. The summed E-state index contributed by atoms with van der Waals surface area (Å²) < 4.78 is -1.09. The minimum atomic E-state index is -1.51. The molecule has 0 fully saturated rings. The molecule has 0 aliphatic rings. The molecule has 0 aliphatic carbocycles. The molecule has 2 aromatic carbocycles. The molecule has 2 amide bonds. The average Bonchev–Trinajstić information content (AvgIpc) is 2.71. The van der Waals surface area contributed by atoms with Gasteiger partial charge < -0.3 is 9.90 Å². The smallest absolute Gasteiger partial charge is 0.470 e. The number of rotatable bonds is 6. The lowest BCUT2D eigenvalue weighted by Crippen LogP contribution is -2.60. The van der Waals surface area contributed by atoms with Gasteiger partial charge in [0, 0.05) is 18.2 Å². The summed E-state index contributed by atoms with van der Waals surface area (Å²) in [6.45, 7) is 10.4. The van der Waals surface area contributed by atoms with Gasteiger partial charge in [0.15, 0.2) is 5.69 Å². The van der Waals surface area contributed by atoms with Crippen LogP contribution in [0.25, 0.3) is 0 Å². The highest BCUT2D eigenvalue weighted by Gasteiger charge is 2.39. The van der Waals surface area contributed by atoms with Crippen molar-refractivity contribution in [2.75, 3.05) is 18.5 Å². The lowest BCUT2D eigenvalue weighted by Gasteiger charge is -2.34. The number of nitrogens with zero attached hydrogens (tertiary/aromatic N) is 2. The van der Waals surface area contributed by atoms with Crippen molar-refractivity contribution in [3.8, 4) is 0 Å². The number of anilines is 1. The number of benzene rings is 2. The monoisotopic (exact) mass is 412 g/mol. The number of carbonyl (C=O) groups is 2. The number of para-hydroxylation sites is 2. The van der Waals surface area contributed by atoms with Crippen LogP contribution >= 0.6 is 0 Å². The maximum Gasteiger partial charge on any atom is 0.470 e. The van der Waals surface area contributed by atoms with Crippen LogP contribution in [0.15, 0.2) is 48.5 Å². The molecule has 0 N–H and O–H groups in total. The van der Waals surface area contributed by atoms with Crippen molar-refractivity contribution in [3.05, 3.63) is 59.7 Å². The maximum atomic E-state index is 13.3.